The molecule has 1 aliphatic heterocycles. The molecule has 2 amide bonds. The number of fused-ring (bicyclic) bond motifs is 1. The summed E-state index contributed by atoms with van der Waals surface area (Å²) in [6.45, 7) is 2.87. The Morgan fingerprint density at radius 2 is 1.83 bits per heavy atom. The summed E-state index contributed by atoms with van der Waals surface area (Å²) in [7, 11) is 3.12. The van der Waals surface area contributed by atoms with Gasteiger partial charge in [-0.25, -0.2) is 0 Å². The van der Waals surface area contributed by atoms with E-state index in [1.54, 1.807) is 44.6 Å². The lowest BCUT2D eigenvalue weighted by atomic mass is 10.0. The van der Waals surface area contributed by atoms with Crippen molar-refractivity contribution in [3.05, 3.63) is 53.1 Å². The smallest absolute Gasteiger partial charge is 0.265 e. The van der Waals surface area contributed by atoms with Crippen LogP contribution in [0, 0.1) is 0 Å². The number of phenols is 1. The van der Waals surface area contributed by atoms with E-state index in [1.165, 1.54) is 11.0 Å². The summed E-state index contributed by atoms with van der Waals surface area (Å²) in [5.41, 5.74) is 0.965. The molecule has 1 N–H and O–H groups in total. The molecule has 0 saturated heterocycles. The predicted octanol–water partition coefficient (Wildman–Crippen LogP) is 3.56. The molecule has 1 atom stereocenters. The number of aromatic hydroxyl groups is 1. The molecule has 154 valence electrons. The van der Waals surface area contributed by atoms with Crippen LogP contribution in [0.4, 0.5) is 0 Å². The summed E-state index contributed by atoms with van der Waals surface area (Å²) in [5.74, 6) is -0.0261. The first kappa shape index (κ1) is 20.7. The summed E-state index contributed by atoms with van der Waals surface area (Å²) in [6, 6.07) is 9.29. The Morgan fingerprint density at radius 3 is 2.48 bits per heavy atom. The molecule has 0 bridgehead atoms. The molecule has 7 heteroatoms. The van der Waals surface area contributed by atoms with Crippen molar-refractivity contribution in [2.75, 3.05) is 27.4 Å². The van der Waals surface area contributed by atoms with Crippen molar-refractivity contribution in [3.63, 3.8) is 0 Å². The lowest BCUT2D eigenvalue weighted by Crippen LogP contribution is -2.34. The van der Waals surface area contributed by atoms with E-state index in [2.05, 4.69) is 0 Å². The fourth-order valence-corrected chi connectivity index (χ4v) is 3.47. The monoisotopic (exact) mass is 399 g/mol. The zero-order chi connectivity index (χ0) is 21.0. The number of hydrogen-bond acceptors (Lipinski definition) is 6. The highest BCUT2D eigenvalue weighted by Crippen LogP contribution is 2.39. The molecular weight excluding hydrogens is 374 g/mol. The summed E-state index contributed by atoms with van der Waals surface area (Å²) in [6.07, 6.45) is 1.24. The van der Waals surface area contributed by atoms with Crippen molar-refractivity contribution < 1.29 is 28.9 Å². The van der Waals surface area contributed by atoms with Gasteiger partial charge in [0.1, 0.15) is 5.75 Å². The number of imide groups is 1. The lowest BCUT2D eigenvalue weighted by molar-refractivity contribution is 0.0544. The zero-order valence-corrected chi connectivity index (χ0v) is 16.8. The summed E-state index contributed by atoms with van der Waals surface area (Å²) in [4.78, 5) is 27.2. The van der Waals surface area contributed by atoms with Crippen molar-refractivity contribution in [1.29, 1.82) is 0 Å². The van der Waals surface area contributed by atoms with Crippen LogP contribution in [-0.4, -0.2) is 49.3 Å². The summed E-state index contributed by atoms with van der Waals surface area (Å²) < 4.78 is 16.4. The average molecular weight is 399 g/mol. The van der Waals surface area contributed by atoms with Gasteiger partial charge in [-0.05, 0) is 42.7 Å². The molecule has 29 heavy (non-hydrogen) atoms. The number of hydrogen-bond donors (Lipinski definition) is 1. The Hall–Kier alpha value is -3.06. The number of phenolic OH excluding ortho intramolecular Hbond substituents is 1. The van der Waals surface area contributed by atoms with E-state index in [0.29, 0.717) is 31.1 Å². The van der Waals surface area contributed by atoms with Gasteiger partial charge < -0.3 is 19.3 Å². The van der Waals surface area contributed by atoms with Crippen LogP contribution in [0.5, 0.6) is 17.2 Å². The Kier molecular flexibility index (Phi) is 6.39. The van der Waals surface area contributed by atoms with E-state index < -0.39 is 17.9 Å². The molecule has 2 aromatic carbocycles. The number of carbonyl (C=O) groups is 2. The standard InChI is InChI=1S/C22H25NO6/c1-4-11-29-19-13-14(8-9-18(19)28-3)16(10-12-27-2)23-21(25)15-6-5-7-17(24)20(15)22(23)26/h5-9,13,16,24H,4,10-12H2,1-3H3. The van der Waals surface area contributed by atoms with Crippen molar-refractivity contribution in [2.24, 2.45) is 0 Å². The number of carbonyl (C=O) groups excluding carboxylic acids is 2. The van der Waals surface area contributed by atoms with E-state index in [0.717, 1.165) is 12.0 Å². The van der Waals surface area contributed by atoms with E-state index in [-0.39, 0.29) is 16.9 Å². The third-order valence-electron chi connectivity index (χ3n) is 4.87. The minimum atomic E-state index is -0.573. The predicted molar refractivity (Wildman–Crippen MR) is 107 cm³/mol. The van der Waals surface area contributed by atoms with Crippen LogP contribution < -0.4 is 9.47 Å². The Labute approximate surface area is 169 Å². The van der Waals surface area contributed by atoms with Gasteiger partial charge in [-0.2, -0.15) is 0 Å². The van der Waals surface area contributed by atoms with Crippen LogP contribution in [0.1, 0.15) is 52.1 Å². The Bertz CT molecular complexity index is 910. The molecule has 7 nitrogen and oxygen atoms in total. The van der Waals surface area contributed by atoms with Crippen molar-refractivity contribution >= 4 is 11.8 Å². The number of rotatable bonds is 9. The van der Waals surface area contributed by atoms with Gasteiger partial charge in [0.05, 0.1) is 30.9 Å². The van der Waals surface area contributed by atoms with Gasteiger partial charge in [0, 0.05) is 13.7 Å². The maximum atomic E-state index is 13.0. The highest BCUT2D eigenvalue weighted by atomic mass is 16.5. The maximum Gasteiger partial charge on any atom is 0.265 e. The van der Waals surface area contributed by atoms with Gasteiger partial charge in [0.15, 0.2) is 11.5 Å². The summed E-state index contributed by atoms with van der Waals surface area (Å²) in [5, 5.41) is 10.1. The normalized spacial score (nSPS) is 14.1. The highest BCUT2D eigenvalue weighted by molar-refractivity contribution is 6.22. The topological polar surface area (TPSA) is 85.3 Å². The van der Waals surface area contributed by atoms with Crippen LogP contribution in [0.3, 0.4) is 0 Å². The number of ether oxygens (including phenoxy) is 3. The minimum absolute atomic E-state index is 0.0379. The molecular formula is C22H25NO6. The van der Waals surface area contributed by atoms with E-state index >= 15 is 0 Å². The molecule has 0 fully saturated rings. The van der Waals surface area contributed by atoms with Crippen LogP contribution in [0.15, 0.2) is 36.4 Å². The van der Waals surface area contributed by atoms with Gasteiger partial charge >= 0.3 is 0 Å². The molecule has 0 saturated carbocycles. The molecule has 1 unspecified atom stereocenters. The second-order valence-electron chi connectivity index (χ2n) is 6.74. The number of nitrogens with zero attached hydrogens (tertiary/aromatic N) is 1. The Morgan fingerprint density at radius 1 is 1.03 bits per heavy atom. The highest BCUT2D eigenvalue weighted by Gasteiger charge is 2.42. The fourth-order valence-electron chi connectivity index (χ4n) is 3.47. The first-order valence-electron chi connectivity index (χ1n) is 9.53. The number of benzene rings is 2. The van der Waals surface area contributed by atoms with E-state index in [9.17, 15) is 14.7 Å². The van der Waals surface area contributed by atoms with Crippen LogP contribution in [0.25, 0.3) is 0 Å². The average Bonchev–Trinajstić information content (AvgIpc) is 2.98. The first-order chi connectivity index (χ1) is 14.0. The molecule has 1 heterocycles. The van der Waals surface area contributed by atoms with Crippen LogP contribution >= 0.6 is 0 Å². The summed E-state index contributed by atoms with van der Waals surface area (Å²) >= 11 is 0. The van der Waals surface area contributed by atoms with Crippen molar-refractivity contribution in [2.45, 2.75) is 25.8 Å². The molecule has 3 rings (SSSR count). The zero-order valence-electron chi connectivity index (χ0n) is 16.8. The molecule has 0 aliphatic carbocycles. The lowest BCUT2D eigenvalue weighted by Gasteiger charge is -2.27. The molecule has 1 aliphatic rings. The first-order valence-corrected chi connectivity index (χ1v) is 9.53. The molecule has 2 aromatic rings. The van der Waals surface area contributed by atoms with Gasteiger partial charge in [0.25, 0.3) is 11.8 Å². The molecule has 0 spiro atoms. The third kappa shape index (κ3) is 3.91. The third-order valence-corrected chi connectivity index (χ3v) is 4.87. The molecule has 0 radical (unpaired) electrons. The van der Waals surface area contributed by atoms with Crippen molar-refractivity contribution in [1.82, 2.24) is 4.90 Å². The van der Waals surface area contributed by atoms with E-state index in [1.807, 2.05) is 6.92 Å². The van der Waals surface area contributed by atoms with Gasteiger partial charge in [-0.3, -0.25) is 14.5 Å². The number of methoxy groups -OCH3 is 2. The minimum Gasteiger partial charge on any atom is -0.507 e. The van der Waals surface area contributed by atoms with Crippen LogP contribution in [-0.2, 0) is 4.74 Å². The SMILES string of the molecule is CCCOc1cc(C(CCOC)N2C(=O)c3cccc(O)c3C2=O)ccc1OC. The van der Waals surface area contributed by atoms with Crippen LogP contribution in [0.2, 0.25) is 0 Å². The maximum absolute atomic E-state index is 13.0. The second-order valence-corrected chi connectivity index (χ2v) is 6.74. The molecule has 0 aromatic heterocycles. The van der Waals surface area contributed by atoms with Gasteiger partial charge in [-0.1, -0.05) is 19.1 Å². The van der Waals surface area contributed by atoms with E-state index in [4.69, 9.17) is 14.2 Å². The quantitative estimate of drug-likeness (QED) is 0.649. The second kappa shape index (κ2) is 8.96. The van der Waals surface area contributed by atoms with Gasteiger partial charge in [-0.15, -0.1) is 0 Å². The van der Waals surface area contributed by atoms with Gasteiger partial charge in [0.2, 0.25) is 0 Å². The largest absolute Gasteiger partial charge is 0.507 e. The Balaban J connectivity index is 2.02. The fraction of sp³-hybridized carbons (Fsp3) is 0.364. The number of amides is 2. The van der Waals surface area contributed by atoms with Crippen molar-refractivity contribution in [3.8, 4) is 17.2 Å².